The van der Waals surface area contributed by atoms with Gasteiger partial charge in [-0.15, -0.1) is 0 Å². The third-order valence-corrected chi connectivity index (χ3v) is 6.75. The lowest BCUT2D eigenvalue weighted by Crippen LogP contribution is -2.27. The van der Waals surface area contributed by atoms with Crippen molar-refractivity contribution in [1.29, 1.82) is 0 Å². The van der Waals surface area contributed by atoms with E-state index in [1.807, 2.05) is 0 Å². The molecule has 0 aromatic carbocycles. The lowest BCUT2D eigenvalue weighted by Gasteiger charge is -2.27. The zero-order valence-corrected chi connectivity index (χ0v) is 16.8. The molecule has 7 unspecified atom stereocenters. The van der Waals surface area contributed by atoms with Crippen LogP contribution in [0.1, 0.15) is 72.6 Å². The Hall–Kier alpha value is -0.290. The minimum absolute atomic E-state index is 0.107. The summed E-state index contributed by atoms with van der Waals surface area (Å²) >= 11 is 0. The van der Waals surface area contributed by atoms with Gasteiger partial charge in [0, 0.05) is 13.0 Å². The topological polar surface area (TPSA) is 29.5 Å². The van der Waals surface area contributed by atoms with E-state index >= 15 is 0 Å². The van der Waals surface area contributed by atoms with E-state index < -0.39 is 18.5 Å². The van der Waals surface area contributed by atoms with Gasteiger partial charge in [-0.2, -0.15) is 13.2 Å². The largest absolute Gasteiger partial charge is 0.393 e. The summed E-state index contributed by atoms with van der Waals surface area (Å²) in [6.45, 7) is 8.46. The maximum atomic E-state index is 12.4. The van der Waals surface area contributed by atoms with Crippen LogP contribution in [0.3, 0.4) is 0 Å². The van der Waals surface area contributed by atoms with E-state index in [4.69, 9.17) is 4.74 Å². The molecule has 26 heavy (non-hydrogen) atoms. The number of hydrogen-bond acceptors (Lipinski definition) is 2. The van der Waals surface area contributed by atoms with Crippen LogP contribution in [0.2, 0.25) is 0 Å². The third kappa shape index (κ3) is 6.40. The molecule has 0 aromatic rings. The van der Waals surface area contributed by atoms with Crippen molar-refractivity contribution in [3.63, 3.8) is 0 Å². The van der Waals surface area contributed by atoms with E-state index in [1.54, 1.807) is 6.92 Å². The molecule has 2 aliphatic carbocycles. The number of ether oxygens (including phenoxy) is 1. The highest BCUT2D eigenvalue weighted by molar-refractivity contribution is 4.89. The van der Waals surface area contributed by atoms with Crippen molar-refractivity contribution in [3.8, 4) is 0 Å². The third-order valence-electron chi connectivity index (χ3n) is 6.75. The van der Waals surface area contributed by atoms with Gasteiger partial charge in [-0.25, -0.2) is 0 Å². The molecule has 1 N–H and O–H groups in total. The van der Waals surface area contributed by atoms with Gasteiger partial charge in [0.1, 0.15) is 0 Å². The van der Waals surface area contributed by atoms with Crippen LogP contribution in [-0.2, 0) is 4.74 Å². The van der Waals surface area contributed by atoms with Crippen molar-refractivity contribution in [2.75, 3.05) is 6.61 Å². The maximum absolute atomic E-state index is 12.4. The summed E-state index contributed by atoms with van der Waals surface area (Å²) in [6, 6.07) is 0. The van der Waals surface area contributed by atoms with Crippen LogP contribution in [0, 0.1) is 35.5 Å². The smallest absolute Gasteiger partial charge is 0.389 e. The normalized spacial score (nSPS) is 35.2. The summed E-state index contributed by atoms with van der Waals surface area (Å²) < 4.78 is 43.0. The molecule has 2 aliphatic rings. The molecule has 0 amide bonds. The van der Waals surface area contributed by atoms with E-state index in [0.29, 0.717) is 29.6 Å². The van der Waals surface area contributed by atoms with E-state index in [0.717, 1.165) is 38.5 Å². The number of hydrogen-bond donors (Lipinski definition) is 1. The zero-order valence-electron chi connectivity index (χ0n) is 16.8. The molecule has 154 valence electrons. The Morgan fingerprint density at radius 1 is 1.04 bits per heavy atom. The fourth-order valence-electron chi connectivity index (χ4n) is 5.15. The molecule has 5 heteroatoms. The minimum Gasteiger partial charge on any atom is -0.393 e. The van der Waals surface area contributed by atoms with Gasteiger partial charge in [0.15, 0.2) is 0 Å². The van der Waals surface area contributed by atoms with Crippen LogP contribution in [0.25, 0.3) is 0 Å². The summed E-state index contributed by atoms with van der Waals surface area (Å²) in [7, 11) is 0. The molecular weight excluding hydrogens is 341 g/mol. The lowest BCUT2D eigenvalue weighted by atomic mass is 9.82. The maximum Gasteiger partial charge on any atom is 0.389 e. The van der Waals surface area contributed by atoms with E-state index in [1.165, 1.54) is 0 Å². The molecular formula is C21H37F3O2. The Labute approximate surface area is 156 Å². The molecule has 0 aromatic heterocycles. The Bertz CT molecular complexity index is 424. The molecule has 2 fully saturated rings. The molecule has 0 bridgehead atoms. The van der Waals surface area contributed by atoms with Crippen molar-refractivity contribution in [1.82, 2.24) is 0 Å². The molecule has 7 atom stereocenters. The first kappa shape index (κ1) is 22.0. The van der Waals surface area contributed by atoms with Gasteiger partial charge >= 0.3 is 6.18 Å². The van der Waals surface area contributed by atoms with Gasteiger partial charge in [0.2, 0.25) is 0 Å². The monoisotopic (exact) mass is 378 g/mol. The van der Waals surface area contributed by atoms with Crippen molar-refractivity contribution in [2.45, 2.75) is 91.0 Å². The SMILES string of the molecule is CC(COC1CCC(C(C)CC2CCC(C(C)C)C2O)C1)CC(F)(F)F. The highest BCUT2D eigenvalue weighted by atomic mass is 19.4. The second kappa shape index (κ2) is 9.27. The van der Waals surface area contributed by atoms with Crippen molar-refractivity contribution in [2.24, 2.45) is 35.5 Å². The summed E-state index contributed by atoms with van der Waals surface area (Å²) in [5, 5.41) is 10.6. The van der Waals surface area contributed by atoms with Gasteiger partial charge in [0.05, 0.1) is 12.2 Å². The Kier molecular flexibility index (Phi) is 7.85. The Morgan fingerprint density at radius 2 is 1.73 bits per heavy atom. The number of alkyl halides is 3. The molecule has 0 saturated heterocycles. The van der Waals surface area contributed by atoms with E-state index in [-0.39, 0.29) is 18.8 Å². The Morgan fingerprint density at radius 3 is 2.31 bits per heavy atom. The van der Waals surface area contributed by atoms with Gasteiger partial charge < -0.3 is 9.84 Å². The highest BCUT2D eigenvalue weighted by Gasteiger charge is 2.39. The average molecular weight is 379 g/mol. The number of rotatable bonds is 8. The van der Waals surface area contributed by atoms with Crippen LogP contribution in [-0.4, -0.2) is 30.1 Å². The summed E-state index contributed by atoms with van der Waals surface area (Å²) in [4.78, 5) is 0. The summed E-state index contributed by atoms with van der Waals surface area (Å²) in [6.07, 6.45) is 1.37. The predicted molar refractivity (Wildman–Crippen MR) is 97.8 cm³/mol. The molecule has 0 spiro atoms. The van der Waals surface area contributed by atoms with Gasteiger partial charge in [-0.1, -0.05) is 27.7 Å². The first-order valence-electron chi connectivity index (χ1n) is 10.4. The van der Waals surface area contributed by atoms with Gasteiger partial charge in [0.25, 0.3) is 0 Å². The van der Waals surface area contributed by atoms with Crippen LogP contribution in [0.15, 0.2) is 0 Å². The van der Waals surface area contributed by atoms with Crippen LogP contribution >= 0.6 is 0 Å². The van der Waals surface area contributed by atoms with Crippen LogP contribution in [0.4, 0.5) is 13.2 Å². The van der Waals surface area contributed by atoms with Gasteiger partial charge in [-0.3, -0.25) is 0 Å². The predicted octanol–water partition coefficient (Wildman–Crippen LogP) is 5.83. The fourth-order valence-corrected chi connectivity index (χ4v) is 5.15. The number of aliphatic hydroxyl groups is 1. The number of aliphatic hydroxyl groups excluding tert-OH is 1. The Balaban J connectivity index is 1.71. The second-order valence-corrected chi connectivity index (χ2v) is 9.40. The van der Waals surface area contributed by atoms with Crippen LogP contribution in [0.5, 0.6) is 0 Å². The van der Waals surface area contributed by atoms with Crippen molar-refractivity contribution >= 4 is 0 Å². The minimum atomic E-state index is -4.11. The molecule has 2 rings (SSSR count). The molecule has 2 nitrogen and oxygen atoms in total. The lowest BCUT2D eigenvalue weighted by molar-refractivity contribution is -0.148. The van der Waals surface area contributed by atoms with Crippen LogP contribution < -0.4 is 0 Å². The molecule has 0 radical (unpaired) electrons. The van der Waals surface area contributed by atoms with Gasteiger partial charge in [-0.05, 0) is 74.0 Å². The zero-order chi connectivity index (χ0) is 19.5. The van der Waals surface area contributed by atoms with E-state index in [9.17, 15) is 18.3 Å². The molecule has 0 heterocycles. The molecule has 0 aliphatic heterocycles. The standard InChI is InChI=1S/C21H37F3O2/c1-13(2)19-8-6-17(20(19)25)9-15(4)16-5-7-18(10-16)26-12-14(3)11-21(22,23)24/h13-20,25H,5-12H2,1-4H3. The van der Waals surface area contributed by atoms with Crippen molar-refractivity contribution < 1.29 is 23.0 Å². The second-order valence-electron chi connectivity index (χ2n) is 9.40. The average Bonchev–Trinajstić information content (AvgIpc) is 3.11. The first-order valence-corrected chi connectivity index (χ1v) is 10.4. The van der Waals surface area contributed by atoms with E-state index in [2.05, 4.69) is 20.8 Å². The number of halogens is 3. The first-order chi connectivity index (χ1) is 12.1. The van der Waals surface area contributed by atoms with Crippen molar-refractivity contribution in [3.05, 3.63) is 0 Å². The summed E-state index contributed by atoms with van der Waals surface area (Å²) in [5.41, 5.74) is 0. The molecule has 2 saturated carbocycles. The fraction of sp³-hybridized carbons (Fsp3) is 1.00. The summed E-state index contributed by atoms with van der Waals surface area (Å²) in [5.74, 6) is 2.01. The highest BCUT2D eigenvalue weighted by Crippen LogP contribution is 2.43. The quantitative estimate of drug-likeness (QED) is 0.576.